The van der Waals surface area contributed by atoms with Crippen LogP contribution >= 0.6 is 24.8 Å². The number of likely N-dealkylation sites (N-methyl/N-ethyl adjacent to an activating group) is 1. The minimum Gasteiger partial charge on any atom is -0.491 e. The zero-order chi connectivity index (χ0) is 30.1. The molecule has 0 spiro atoms. The summed E-state index contributed by atoms with van der Waals surface area (Å²) in [6.07, 6.45) is 3.13. The Kier molecular flexibility index (Phi) is 14.5. The minimum absolute atomic E-state index is 0. The van der Waals surface area contributed by atoms with Crippen molar-refractivity contribution < 1.29 is 19.1 Å². The molecule has 3 aromatic rings. The lowest BCUT2D eigenvalue weighted by Crippen LogP contribution is -2.47. The molecule has 3 N–H and O–H groups in total. The fourth-order valence-corrected chi connectivity index (χ4v) is 4.87. The van der Waals surface area contributed by atoms with E-state index >= 15 is 0 Å². The van der Waals surface area contributed by atoms with Gasteiger partial charge in [0.2, 0.25) is 5.91 Å². The van der Waals surface area contributed by atoms with Crippen LogP contribution in [0.4, 0.5) is 17.1 Å². The number of ether oxygens (including phenoxy) is 1. The van der Waals surface area contributed by atoms with Crippen molar-refractivity contribution in [1.82, 2.24) is 9.80 Å². The van der Waals surface area contributed by atoms with Crippen molar-refractivity contribution in [3.05, 3.63) is 83.4 Å². The highest BCUT2D eigenvalue weighted by Crippen LogP contribution is 2.30. The summed E-state index contributed by atoms with van der Waals surface area (Å²) in [5, 5.41) is 2.82. The summed E-state index contributed by atoms with van der Waals surface area (Å²) >= 11 is 0. The van der Waals surface area contributed by atoms with Gasteiger partial charge in [0.15, 0.2) is 0 Å². The topological polar surface area (TPSA) is 108 Å². The summed E-state index contributed by atoms with van der Waals surface area (Å²) < 4.78 is 6.12. The van der Waals surface area contributed by atoms with Crippen molar-refractivity contribution in [3.63, 3.8) is 0 Å². The number of carbonyl (C=O) groups is 3. The van der Waals surface area contributed by atoms with Gasteiger partial charge in [-0.25, -0.2) is 0 Å². The van der Waals surface area contributed by atoms with E-state index in [1.807, 2.05) is 30.0 Å². The molecule has 44 heavy (non-hydrogen) atoms. The first-order chi connectivity index (χ1) is 20.2. The number of carbonyl (C=O) groups excluding carboxylic acids is 3. The lowest BCUT2D eigenvalue weighted by molar-refractivity contribution is -0.132. The van der Waals surface area contributed by atoms with Crippen LogP contribution in [0.5, 0.6) is 5.75 Å². The van der Waals surface area contributed by atoms with Crippen LogP contribution in [0.1, 0.15) is 52.0 Å². The van der Waals surface area contributed by atoms with Crippen LogP contribution in [0, 0.1) is 6.92 Å². The molecule has 1 saturated heterocycles. The molecule has 0 aromatic heterocycles. The highest BCUT2D eigenvalue weighted by Gasteiger charge is 2.20. The Hall–Kier alpha value is -3.79. The van der Waals surface area contributed by atoms with Crippen LogP contribution in [-0.2, 0) is 4.79 Å². The molecule has 11 heteroatoms. The lowest BCUT2D eigenvalue weighted by Gasteiger charge is -2.32. The monoisotopic (exact) mass is 643 g/mol. The van der Waals surface area contributed by atoms with Crippen LogP contribution < -0.4 is 20.7 Å². The number of nitrogen functional groups attached to an aromatic ring is 1. The van der Waals surface area contributed by atoms with Gasteiger partial charge in [-0.1, -0.05) is 18.2 Å². The number of nitrogens with one attached hydrogen (secondary N) is 1. The van der Waals surface area contributed by atoms with E-state index in [-0.39, 0.29) is 42.5 Å². The average Bonchev–Trinajstić information content (AvgIpc) is 2.99. The van der Waals surface area contributed by atoms with Gasteiger partial charge in [0, 0.05) is 56.6 Å². The van der Waals surface area contributed by atoms with Crippen molar-refractivity contribution in [2.45, 2.75) is 32.6 Å². The molecule has 0 bridgehead atoms. The third-order valence-corrected chi connectivity index (χ3v) is 7.52. The second kappa shape index (κ2) is 17.5. The predicted molar refractivity (Wildman–Crippen MR) is 182 cm³/mol. The lowest BCUT2D eigenvalue weighted by atomic mass is 10.1. The number of benzene rings is 3. The highest BCUT2D eigenvalue weighted by atomic mass is 35.5. The first-order valence-electron chi connectivity index (χ1n) is 14.5. The van der Waals surface area contributed by atoms with E-state index in [4.69, 9.17) is 10.5 Å². The van der Waals surface area contributed by atoms with Gasteiger partial charge in [-0.15, -0.1) is 24.8 Å². The normalized spacial score (nSPS) is 12.8. The van der Waals surface area contributed by atoms with Crippen LogP contribution in [-0.4, -0.2) is 74.4 Å². The number of hydrogen-bond donors (Lipinski definition) is 2. The smallest absolute Gasteiger partial charge is 0.258 e. The fourth-order valence-electron chi connectivity index (χ4n) is 4.87. The van der Waals surface area contributed by atoms with E-state index < -0.39 is 0 Å². The molecule has 0 aliphatic carbocycles. The molecule has 0 radical (unpaired) electrons. The number of anilines is 3. The zero-order valence-corrected chi connectivity index (χ0v) is 27.2. The van der Waals surface area contributed by atoms with Crippen LogP contribution in [0.25, 0.3) is 0 Å². The largest absolute Gasteiger partial charge is 0.491 e. The van der Waals surface area contributed by atoms with E-state index in [2.05, 4.69) is 17.3 Å². The number of rotatable bonds is 11. The van der Waals surface area contributed by atoms with Crippen LogP contribution in [0.3, 0.4) is 0 Å². The molecular formula is C33H43Cl2N5O4. The molecule has 1 aliphatic heterocycles. The van der Waals surface area contributed by atoms with E-state index in [0.29, 0.717) is 47.0 Å². The van der Waals surface area contributed by atoms with Crippen molar-refractivity contribution >= 4 is 59.6 Å². The Morgan fingerprint density at radius 2 is 1.59 bits per heavy atom. The van der Waals surface area contributed by atoms with E-state index in [1.165, 1.54) is 0 Å². The van der Waals surface area contributed by atoms with Crippen LogP contribution in [0.2, 0.25) is 0 Å². The predicted octanol–water partition coefficient (Wildman–Crippen LogP) is 5.66. The van der Waals surface area contributed by atoms with Crippen LogP contribution in [0.15, 0.2) is 66.7 Å². The zero-order valence-electron chi connectivity index (χ0n) is 25.6. The SMILES string of the molecule is Cc1ccc(N(C)C(=O)c2ccc(NC(=O)c3ccccc3N)cc2)c(OCCCCCC(=O)N2CCN(C)CC2)c1.Cl.Cl. The number of halogens is 2. The second-order valence-corrected chi connectivity index (χ2v) is 10.8. The average molecular weight is 645 g/mol. The summed E-state index contributed by atoms with van der Waals surface area (Å²) in [6, 6.07) is 19.4. The summed E-state index contributed by atoms with van der Waals surface area (Å²) in [5.74, 6) is 0.369. The number of nitrogens with zero attached hydrogens (tertiary/aromatic N) is 3. The number of hydrogen-bond acceptors (Lipinski definition) is 6. The molecule has 4 rings (SSSR count). The summed E-state index contributed by atoms with van der Waals surface area (Å²) in [5.41, 5.74) is 9.44. The maximum Gasteiger partial charge on any atom is 0.258 e. The molecule has 0 atom stereocenters. The third kappa shape index (κ3) is 9.87. The van der Waals surface area contributed by atoms with Gasteiger partial charge in [-0.05, 0) is 87.3 Å². The quantitative estimate of drug-likeness (QED) is 0.206. The van der Waals surface area contributed by atoms with Gasteiger partial charge in [0.05, 0.1) is 17.9 Å². The maximum absolute atomic E-state index is 13.3. The number of piperazine rings is 1. The summed E-state index contributed by atoms with van der Waals surface area (Å²) in [7, 11) is 3.80. The van der Waals surface area contributed by atoms with E-state index in [9.17, 15) is 14.4 Å². The Morgan fingerprint density at radius 1 is 0.909 bits per heavy atom. The molecular weight excluding hydrogens is 601 g/mol. The standard InChI is InChI=1S/C33H41N5O4.2ClH/c1-24-12-17-29(30(23-24)42-22-8-4-5-11-31(39)38-20-18-36(2)19-21-38)37(3)33(41)25-13-15-26(16-14-25)35-32(40)27-9-6-7-10-28(27)34;;/h6-7,9-10,12-17,23H,4-5,8,11,18-22,34H2,1-3H3,(H,35,40);2*1H. The maximum atomic E-state index is 13.3. The Labute approximate surface area is 272 Å². The first-order valence-corrected chi connectivity index (χ1v) is 14.5. The fraction of sp³-hybridized carbons (Fsp3) is 0.364. The molecule has 3 aromatic carbocycles. The van der Waals surface area contributed by atoms with E-state index in [1.54, 1.807) is 60.5 Å². The molecule has 3 amide bonds. The second-order valence-electron chi connectivity index (χ2n) is 10.8. The van der Waals surface area contributed by atoms with Crippen molar-refractivity contribution in [2.24, 2.45) is 0 Å². The first kappa shape index (κ1) is 36.4. The van der Waals surface area contributed by atoms with Gasteiger partial charge in [-0.2, -0.15) is 0 Å². The molecule has 1 heterocycles. The number of nitrogens with two attached hydrogens (primary N) is 1. The van der Waals surface area contributed by atoms with Gasteiger partial charge >= 0.3 is 0 Å². The molecule has 1 fully saturated rings. The van der Waals surface area contributed by atoms with Gasteiger partial charge < -0.3 is 30.5 Å². The molecule has 238 valence electrons. The van der Waals surface area contributed by atoms with Gasteiger partial charge in [-0.3, -0.25) is 14.4 Å². The Balaban J connectivity index is 0.00000337. The Bertz CT molecular complexity index is 1400. The van der Waals surface area contributed by atoms with Crippen molar-refractivity contribution in [3.8, 4) is 5.75 Å². The van der Waals surface area contributed by atoms with Crippen molar-refractivity contribution in [1.29, 1.82) is 0 Å². The third-order valence-electron chi connectivity index (χ3n) is 7.52. The molecule has 1 aliphatic rings. The highest BCUT2D eigenvalue weighted by molar-refractivity contribution is 6.09. The molecule has 9 nitrogen and oxygen atoms in total. The number of para-hydroxylation sites is 1. The van der Waals surface area contributed by atoms with Gasteiger partial charge in [0.1, 0.15) is 5.75 Å². The number of aryl methyl sites for hydroxylation is 1. The van der Waals surface area contributed by atoms with E-state index in [0.717, 1.165) is 51.0 Å². The number of unbranched alkanes of at least 4 members (excludes halogenated alkanes) is 2. The van der Waals surface area contributed by atoms with Crippen molar-refractivity contribution in [2.75, 3.05) is 62.8 Å². The van der Waals surface area contributed by atoms with Gasteiger partial charge in [0.25, 0.3) is 11.8 Å². The Morgan fingerprint density at radius 3 is 2.27 bits per heavy atom. The molecule has 0 unspecified atom stereocenters. The summed E-state index contributed by atoms with van der Waals surface area (Å²) in [6.45, 7) is 5.98. The molecule has 0 saturated carbocycles. The number of amides is 3. The summed E-state index contributed by atoms with van der Waals surface area (Å²) in [4.78, 5) is 44.1. The minimum atomic E-state index is -0.313.